The Kier molecular flexibility index (Phi) is 4.48. The van der Waals surface area contributed by atoms with Crippen LogP contribution in [0.15, 0.2) is 24.3 Å². The number of hydrogen-bond acceptors (Lipinski definition) is 4. The predicted molar refractivity (Wildman–Crippen MR) is 97.9 cm³/mol. The Balaban J connectivity index is 1.45. The van der Waals surface area contributed by atoms with Gasteiger partial charge in [-0.15, -0.1) is 0 Å². The lowest BCUT2D eigenvalue weighted by molar-refractivity contribution is -0.151. The zero-order valence-electron chi connectivity index (χ0n) is 15.4. The molecule has 2 aliphatic carbocycles. The minimum Gasteiger partial charge on any atom is -0.468 e. The number of piperidine rings is 1. The van der Waals surface area contributed by atoms with Crippen molar-refractivity contribution in [3.05, 3.63) is 29.8 Å². The van der Waals surface area contributed by atoms with Crippen LogP contribution < -0.4 is 4.90 Å². The van der Waals surface area contributed by atoms with Crippen LogP contribution in [-0.2, 0) is 19.7 Å². The fourth-order valence-electron chi connectivity index (χ4n) is 5.00. The Labute approximate surface area is 150 Å². The molecule has 3 fully saturated rings. The molecule has 0 aromatic heterocycles. The lowest BCUT2D eigenvalue weighted by Crippen LogP contribution is -2.43. The zero-order chi connectivity index (χ0) is 17.4. The van der Waals surface area contributed by atoms with Gasteiger partial charge in [0.15, 0.2) is 0 Å². The standard InChI is InChI=1S/C21H29NO3/c1-3-11-25-19-13-18-12-15(19)14-22(18)17-7-5-16(6-8-17)21(9-4-10-21)20(23)24-2/h5-8,15,18-19H,3-4,9-14H2,1-2H3/t15-,18-,19+/m0/s1. The van der Waals surface area contributed by atoms with E-state index in [1.807, 2.05) is 0 Å². The van der Waals surface area contributed by atoms with E-state index >= 15 is 0 Å². The summed E-state index contributed by atoms with van der Waals surface area (Å²) in [6, 6.07) is 9.28. The molecule has 1 aromatic carbocycles. The first-order valence-corrected chi connectivity index (χ1v) is 9.75. The Morgan fingerprint density at radius 2 is 2.00 bits per heavy atom. The van der Waals surface area contributed by atoms with Gasteiger partial charge in [-0.05, 0) is 49.8 Å². The fourth-order valence-corrected chi connectivity index (χ4v) is 5.00. The van der Waals surface area contributed by atoms with Crippen molar-refractivity contribution in [2.75, 3.05) is 25.2 Å². The molecule has 1 aliphatic heterocycles. The van der Waals surface area contributed by atoms with Gasteiger partial charge < -0.3 is 14.4 Å². The molecule has 4 heteroatoms. The van der Waals surface area contributed by atoms with E-state index in [1.165, 1.54) is 19.2 Å². The molecule has 4 rings (SSSR count). The number of benzene rings is 1. The van der Waals surface area contributed by atoms with Crippen molar-refractivity contribution >= 4 is 11.7 Å². The van der Waals surface area contributed by atoms with Gasteiger partial charge in [0.25, 0.3) is 0 Å². The number of anilines is 1. The van der Waals surface area contributed by atoms with Crippen LogP contribution in [0.1, 0.15) is 51.0 Å². The van der Waals surface area contributed by atoms with Crippen molar-refractivity contribution in [1.29, 1.82) is 0 Å². The van der Waals surface area contributed by atoms with E-state index in [2.05, 4.69) is 36.1 Å². The number of carbonyl (C=O) groups excluding carboxylic acids is 1. The molecule has 0 radical (unpaired) electrons. The van der Waals surface area contributed by atoms with Gasteiger partial charge in [0, 0.05) is 30.8 Å². The summed E-state index contributed by atoms with van der Waals surface area (Å²) in [6.07, 6.45) is 6.87. The Morgan fingerprint density at radius 1 is 1.24 bits per heavy atom. The molecule has 2 bridgehead atoms. The first kappa shape index (κ1) is 16.9. The third-order valence-corrected chi connectivity index (χ3v) is 6.55. The monoisotopic (exact) mass is 343 g/mol. The lowest BCUT2D eigenvalue weighted by Gasteiger charge is -2.39. The Morgan fingerprint density at radius 3 is 2.52 bits per heavy atom. The predicted octanol–water partition coefficient (Wildman–Crippen LogP) is 3.68. The SMILES string of the molecule is CCCO[C@@H]1C[C@@H]2C[C@H]1CN2c1ccc(C2(C(=O)OC)CCC2)cc1. The van der Waals surface area contributed by atoms with Crippen LogP contribution in [0.4, 0.5) is 5.69 Å². The molecule has 1 saturated heterocycles. The topological polar surface area (TPSA) is 38.8 Å². The fraction of sp³-hybridized carbons (Fsp3) is 0.667. The largest absolute Gasteiger partial charge is 0.468 e. The highest BCUT2D eigenvalue weighted by Crippen LogP contribution is 2.46. The highest BCUT2D eigenvalue weighted by atomic mass is 16.5. The molecular weight excluding hydrogens is 314 g/mol. The molecular formula is C21H29NO3. The highest BCUT2D eigenvalue weighted by Gasteiger charge is 2.47. The molecule has 4 nitrogen and oxygen atoms in total. The second-order valence-electron chi connectivity index (χ2n) is 7.92. The van der Waals surface area contributed by atoms with Crippen LogP contribution in [0, 0.1) is 5.92 Å². The van der Waals surface area contributed by atoms with Gasteiger partial charge >= 0.3 is 5.97 Å². The molecule has 0 amide bonds. The third-order valence-electron chi connectivity index (χ3n) is 6.55. The number of fused-ring (bicyclic) bond motifs is 2. The molecule has 1 aromatic rings. The smallest absolute Gasteiger partial charge is 0.316 e. The van der Waals surface area contributed by atoms with Crippen molar-refractivity contribution in [3.63, 3.8) is 0 Å². The molecule has 3 aliphatic rings. The van der Waals surface area contributed by atoms with E-state index in [9.17, 15) is 4.79 Å². The maximum Gasteiger partial charge on any atom is 0.316 e. The molecule has 0 spiro atoms. The van der Waals surface area contributed by atoms with E-state index in [4.69, 9.17) is 9.47 Å². The Hall–Kier alpha value is -1.55. The molecule has 3 atom stereocenters. The van der Waals surface area contributed by atoms with Crippen LogP contribution in [0.5, 0.6) is 0 Å². The van der Waals surface area contributed by atoms with Gasteiger partial charge in [0.2, 0.25) is 0 Å². The quantitative estimate of drug-likeness (QED) is 0.739. The van der Waals surface area contributed by atoms with Crippen molar-refractivity contribution in [2.45, 2.75) is 63.0 Å². The zero-order valence-corrected chi connectivity index (χ0v) is 15.4. The number of rotatable bonds is 6. The van der Waals surface area contributed by atoms with Crippen molar-refractivity contribution < 1.29 is 14.3 Å². The number of hydrogen-bond donors (Lipinski definition) is 0. The molecule has 0 N–H and O–H groups in total. The second kappa shape index (κ2) is 6.64. The van der Waals surface area contributed by atoms with Gasteiger partial charge in [-0.1, -0.05) is 25.5 Å². The first-order valence-electron chi connectivity index (χ1n) is 9.75. The van der Waals surface area contributed by atoms with Crippen LogP contribution in [0.2, 0.25) is 0 Å². The van der Waals surface area contributed by atoms with Crippen molar-refractivity contribution in [3.8, 4) is 0 Å². The van der Waals surface area contributed by atoms with Crippen LogP contribution in [0.3, 0.4) is 0 Å². The minimum atomic E-state index is -0.392. The minimum absolute atomic E-state index is 0.0809. The van der Waals surface area contributed by atoms with Gasteiger partial charge in [-0.3, -0.25) is 4.79 Å². The summed E-state index contributed by atoms with van der Waals surface area (Å²) in [7, 11) is 1.49. The molecule has 0 unspecified atom stereocenters. The number of methoxy groups -OCH3 is 1. The maximum atomic E-state index is 12.2. The van der Waals surface area contributed by atoms with E-state index in [0.29, 0.717) is 18.1 Å². The molecule has 25 heavy (non-hydrogen) atoms. The average Bonchev–Trinajstić information content (AvgIpc) is 3.19. The third kappa shape index (κ3) is 2.75. The number of ether oxygens (including phenoxy) is 2. The summed E-state index contributed by atoms with van der Waals surface area (Å²) < 4.78 is 11.1. The summed E-state index contributed by atoms with van der Waals surface area (Å²) in [4.78, 5) is 14.8. The summed E-state index contributed by atoms with van der Waals surface area (Å²) in [5.41, 5.74) is 2.00. The van der Waals surface area contributed by atoms with Gasteiger partial charge in [0.05, 0.1) is 18.6 Å². The number of nitrogens with zero attached hydrogens (tertiary/aromatic N) is 1. The second-order valence-corrected chi connectivity index (χ2v) is 7.92. The van der Waals surface area contributed by atoms with E-state index in [-0.39, 0.29) is 5.97 Å². The highest BCUT2D eigenvalue weighted by molar-refractivity contribution is 5.84. The summed E-state index contributed by atoms with van der Waals surface area (Å²) in [5.74, 6) is 0.590. The summed E-state index contributed by atoms with van der Waals surface area (Å²) in [6.45, 7) is 4.16. The van der Waals surface area contributed by atoms with E-state index < -0.39 is 5.41 Å². The van der Waals surface area contributed by atoms with Gasteiger partial charge in [-0.2, -0.15) is 0 Å². The first-order chi connectivity index (χ1) is 12.2. The summed E-state index contributed by atoms with van der Waals surface area (Å²) >= 11 is 0. The number of esters is 1. The van der Waals surface area contributed by atoms with Crippen LogP contribution in [-0.4, -0.2) is 38.4 Å². The lowest BCUT2D eigenvalue weighted by atomic mass is 9.64. The Bertz CT molecular complexity index is 623. The molecule has 1 heterocycles. The average molecular weight is 343 g/mol. The normalized spacial score (nSPS) is 29.5. The van der Waals surface area contributed by atoms with Gasteiger partial charge in [-0.25, -0.2) is 0 Å². The van der Waals surface area contributed by atoms with Crippen LogP contribution in [0.25, 0.3) is 0 Å². The van der Waals surface area contributed by atoms with Gasteiger partial charge in [0.1, 0.15) is 0 Å². The van der Waals surface area contributed by atoms with Crippen LogP contribution >= 0.6 is 0 Å². The van der Waals surface area contributed by atoms with E-state index in [0.717, 1.165) is 50.8 Å². The molecule has 136 valence electrons. The molecule has 2 saturated carbocycles. The van der Waals surface area contributed by atoms with Crippen molar-refractivity contribution in [2.24, 2.45) is 5.92 Å². The number of carbonyl (C=O) groups is 1. The van der Waals surface area contributed by atoms with E-state index in [1.54, 1.807) is 0 Å². The maximum absolute atomic E-state index is 12.2. The summed E-state index contributed by atoms with van der Waals surface area (Å²) in [5, 5.41) is 0. The van der Waals surface area contributed by atoms with Crippen molar-refractivity contribution in [1.82, 2.24) is 0 Å².